The molecule has 0 fully saturated rings. The van der Waals surface area contributed by atoms with Gasteiger partial charge in [-0.05, 0) is 13.0 Å². The number of hydrogen-bond donors (Lipinski definition) is 0. The zero-order valence-corrected chi connectivity index (χ0v) is 8.89. The molecule has 1 aromatic carbocycles. The molecule has 0 aromatic heterocycles. The van der Waals surface area contributed by atoms with Crippen molar-refractivity contribution in [1.82, 2.24) is 0 Å². The van der Waals surface area contributed by atoms with Crippen LogP contribution in [0.4, 0.5) is 13.2 Å². The fourth-order valence-corrected chi connectivity index (χ4v) is 1.28. The third kappa shape index (κ3) is 3.02. The Morgan fingerprint density at radius 3 is 2.50 bits per heavy atom. The maximum absolute atomic E-state index is 12.4. The van der Waals surface area contributed by atoms with Crippen LogP contribution < -0.4 is 5.46 Å². The highest BCUT2D eigenvalue weighted by Gasteiger charge is 2.31. The molecular formula is C10H10BF3O2. The van der Waals surface area contributed by atoms with Gasteiger partial charge in [-0.3, -0.25) is 0 Å². The van der Waals surface area contributed by atoms with Crippen LogP contribution in [0.25, 0.3) is 0 Å². The van der Waals surface area contributed by atoms with Crippen LogP contribution in [0.3, 0.4) is 0 Å². The third-order valence-electron chi connectivity index (χ3n) is 1.92. The first-order valence-electron chi connectivity index (χ1n) is 4.70. The quantitative estimate of drug-likeness (QED) is 0.562. The van der Waals surface area contributed by atoms with Gasteiger partial charge >= 0.3 is 12.1 Å². The molecule has 0 N–H and O–H groups in total. The molecule has 0 radical (unpaired) electrons. The lowest BCUT2D eigenvalue weighted by Crippen LogP contribution is -2.16. The molecule has 0 heterocycles. The summed E-state index contributed by atoms with van der Waals surface area (Å²) >= 11 is 0. The monoisotopic (exact) mass is 230 g/mol. The van der Waals surface area contributed by atoms with Crippen molar-refractivity contribution < 1.29 is 22.7 Å². The fourth-order valence-electron chi connectivity index (χ4n) is 1.28. The average molecular weight is 230 g/mol. The number of esters is 1. The van der Waals surface area contributed by atoms with E-state index in [2.05, 4.69) is 4.74 Å². The van der Waals surface area contributed by atoms with Gasteiger partial charge in [-0.25, -0.2) is 4.79 Å². The minimum atomic E-state index is -4.45. The van der Waals surface area contributed by atoms with Gasteiger partial charge in [0.2, 0.25) is 0 Å². The second kappa shape index (κ2) is 4.59. The zero-order chi connectivity index (χ0) is 12.3. The van der Waals surface area contributed by atoms with Gasteiger partial charge in [0.1, 0.15) is 7.85 Å². The summed E-state index contributed by atoms with van der Waals surface area (Å²) in [6.07, 6.45) is -4.45. The Balaban J connectivity index is 3.13. The molecule has 0 aliphatic carbocycles. The Bertz CT molecular complexity index is 402. The summed E-state index contributed by atoms with van der Waals surface area (Å²) in [5.41, 5.74) is -0.539. The second-order valence-corrected chi connectivity index (χ2v) is 3.31. The first-order chi connectivity index (χ1) is 7.34. The van der Waals surface area contributed by atoms with Crippen molar-refractivity contribution in [2.45, 2.75) is 13.1 Å². The van der Waals surface area contributed by atoms with E-state index >= 15 is 0 Å². The van der Waals surface area contributed by atoms with Crippen LogP contribution in [0, 0.1) is 0 Å². The number of hydrogen-bond acceptors (Lipinski definition) is 2. The minimum Gasteiger partial charge on any atom is -0.462 e. The van der Waals surface area contributed by atoms with Crippen LogP contribution in [0.5, 0.6) is 0 Å². The Labute approximate surface area is 91.8 Å². The normalized spacial score (nSPS) is 11.2. The molecule has 0 aliphatic rings. The number of carbonyl (C=O) groups is 1. The topological polar surface area (TPSA) is 26.3 Å². The number of benzene rings is 1. The predicted octanol–water partition coefficient (Wildman–Crippen LogP) is 1.14. The fraction of sp³-hybridized carbons (Fsp3) is 0.300. The lowest BCUT2D eigenvalue weighted by atomic mass is 9.92. The zero-order valence-electron chi connectivity index (χ0n) is 8.89. The van der Waals surface area contributed by atoms with Gasteiger partial charge in [0.25, 0.3) is 0 Å². The van der Waals surface area contributed by atoms with Gasteiger partial charge in [0, 0.05) is 0 Å². The first-order valence-corrected chi connectivity index (χ1v) is 4.70. The Morgan fingerprint density at radius 2 is 2.00 bits per heavy atom. The summed E-state index contributed by atoms with van der Waals surface area (Å²) in [6, 6.07) is 3.15. The van der Waals surface area contributed by atoms with E-state index in [1.807, 2.05) is 0 Å². The number of halogens is 3. The summed E-state index contributed by atoms with van der Waals surface area (Å²) in [6.45, 7) is 1.73. The lowest BCUT2D eigenvalue weighted by molar-refractivity contribution is -0.137. The summed E-state index contributed by atoms with van der Waals surface area (Å²) in [5.74, 6) is -0.739. The third-order valence-corrected chi connectivity index (χ3v) is 1.92. The standard InChI is InChI=1S/C10H10BF3O2/c1-2-16-9(15)6-3-7(10(12,13)14)5-8(11)4-6/h3-5H,2,11H2,1H3. The maximum Gasteiger partial charge on any atom is 0.416 e. The molecular weight excluding hydrogens is 220 g/mol. The van der Waals surface area contributed by atoms with E-state index in [0.29, 0.717) is 5.46 Å². The number of ether oxygens (including phenoxy) is 1. The highest BCUT2D eigenvalue weighted by Crippen LogP contribution is 2.29. The molecule has 86 valence electrons. The number of rotatable bonds is 2. The lowest BCUT2D eigenvalue weighted by Gasteiger charge is -2.10. The first kappa shape index (κ1) is 12.6. The average Bonchev–Trinajstić information content (AvgIpc) is 2.16. The minimum absolute atomic E-state index is 0.0748. The second-order valence-electron chi connectivity index (χ2n) is 3.31. The van der Waals surface area contributed by atoms with E-state index in [4.69, 9.17) is 0 Å². The van der Waals surface area contributed by atoms with E-state index in [1.54, 1.807) is 6.92 Å². The summed E-state index contributed by atoms with van der Waals surface area (Å²) in [4.78, 5) is 11.3. The van der Waals surface area contributed by atoms with Crippen molar-refractivity contribution in [2.75, 3.05) is 6.61 Å². The van der Waals surface area contributed by atoms with Crippen LogP contribution in [-0.4, -0.2) is 20.4 Å². The molecule has 6 heteroatoms. The van der Waals surface area contributed by atoms with Crippen LogP contribution >= 0.6 is 0 Å². The SMILES string of the molecule is Bc1cc(C(=O)OCC)cc(C(F)(F)F)c1. The molecule has 0 saturated heterocycles. The molecule has 0 bridgehead atoms. The predicted molar refractivity (Wildman–Crippen MR) is 55.6 cm³/mol. The van der Waals surface area contributed by atoms with Gasteiger partial charge in [-0.2, -0.15) is 13.2 Å². The highest BCUT2D eigenvalue weighted by atomic mass is 19.4. The van der Waals surface area contributed by atoms with E-state index in [0.717, 1.165) is 12.1 Å². The van der Waals surface area contributed by atoms with Gasteiger partial charge in [0.15, 0.2) is 0 Å². The van der Waals surface area contributed by atoms with Crippen LogP contribution in [0.1, 0.15) is 22.8 Å². The Kier molecular flexibility index (Phi) is 3.62. The molecule has 0 amide bonds. The molecule has 2 nitrogen and oxygen atoms in total. The summed E-state index contributed by atoms with van der Waals surface area (Å²) < 4.78 is 42.0. The molecule has 0 spiro atoms. The number of alkyl halides is 3. The van der Waals surface area contributed by atoms with E-state index in [-0.39, 0.29) is 12.2 Å². The molecule has 0 unspecified atom stereocenters. The van der Waals surface area contributed by atoms with Crippen molar-refractivity contribution in [3.05, 3.63) is 29.3 Å². The summed E-state index contributed by atoms with van der Waals surface area (Å²) in [5, 5.41) is 0. The van der Waals surface area contributed by atoms with E-state index in [9.17, 15) is 18.0 Å². The highest BCUT2D eigenvalue weighted by molar-refractivity contribution is 6.32. The van der Waals surface area contributed by atoms with Crippen molar-refractivity contribution in [1.29, 1.82) is 0 Å². The van der Waals surface area contributed by atoms with Crippen LogP contribution in [-0.2, 0) is 10.9 Å². The van der Waals surface area contributed by atoms with Crippen LogP contribution in [0.2, 0.25) is 0 Å². The molecule has 0 saturated carbocycles. The van der Waals surface area contributed by atoms with Crippen molar-refractivity contribution in [2.24, 2.45) is 0 Å². The largest absolute Gasteiger partial charge is 0.462 e. The van der Waals surface area contributed by atoms with E-state index in [1.165, 1.54) is 13.9 Å². The maximum atomic E-state index is 12.4. The van der Waals surface area contributed by atoms with Gasteiger partial charge in [-0.1, -0.05) is 17.6 Å². The Morgan fingerprint density at radius 1 is 1.38 bits per heavy atom. The van der Waals surface area contributed by atoms with Crippen molar-refractivity contribution in [3.63, 3.8) is 0 Å². The van der Waals surface area contributed by atoms with E-state index < -0.39 is 17.7 Å². The molecule has 0 aliphatic heterocycles. The molecule has 1 aromatic rings. The van der Waals surface area contributed by atoms with Gasteiger partial charge in [-0.15, -0.1) is 0 Å². The number of carbonyl (C=O) groups excluding carboxylic acids is 1. The van der Waals surface area contributed by atoms with Gasteiger partial charge < -0.3 is 4.74 Å². The molecule has 0 atom stereocenters. The smallest absolute Gasteiger partial charge is 0.416 e. The molecule has 16 heavy (non-hydrogen) atoms. The van der Waals surface area contributed by atoms with Crippen LogP contribution in [0.15, 0.2) is 18.2 Å². The van der Waals surface area contributed by atoms with Crippen molar-refractivity contribution >= 4 is 19.3 Å². The molecule has 1 rings (SSSR count). The summed E-state index contributed by atoms with van der Waals surface area (Å²) in [7, 11) is 1.50. The Hall–Kier alpha value is -1.46. The van der Waals surface area contributed by atoms with Gasteiger partial charge in [0.05, 0.1) is 17.7 Å². The van der Waals surface area contributed by atoms with Crippen molar-refractivity contribution in [3.8, 4) is 0 Å².